The maximum absolute atomic E-state index is 14.3. The van der Waals surface area contributed by atoms with Crippen LogP contribution < -0.4 is 16.0 Å². The second-order valence-corrected chi connectivity index (χ2v) is 14.3. The van der Waals surface area contributed by atoms with Gasteiger partial charge in [0, 0.05) is 37.8 Å². The lowest BCUT2D eigenvalue weighted by molar-refractivity contribution is -0.153. The van der Waals surface area contributed by atoms with Crippen LogP contribution in [0.3, 0.4) is 0 Å². The monoisotopic (exact) mass is 781 g/mol. The molecule has 7 N–H and O–H groups in total. The molecule has 1 saturated carbocycles. The molecular formula is C38H44FN5O12. The van der Waals surface area contributed by atoms with Crippen molar-refractivity contribution in [1.29, 1.82) is 0 Å². The molecular weight excluding hydrogens is 737 g/mol. The number of rotatable bonds is 12. The van der Waals surface area contributed by atoms with E-state index in [0.717, 1.165) is 17.0 Å². The van der Waals surface area contributed by atoms with Crippen LogP contribution in [0.2, 0.25) is 0 Å². The van der Waals surface area contributed by atoms with Gasteiger partial charge in [-0.05, 0) is 75.2 Å². The highest BCUT2D eigenvalue weighted by Crippen LogP contribution is 2.54. The molecule has 2 aromatic rings. The fraction of sp³-hybridized carbons (Fsp3) is 0.421. The summed E-state index contributed by atoms with van der Waals surface area (Å²) in [6.45, 7) is 0.531. The number of anilines is 2. The number of phenolic OH excluding ortho intramolecular Hbond substituents is 1. The molecule has 0 heterocycles. The van der Waals surface area contributed by atoms with Gasteiger partial charge in [-0.3, -0.25) is 29.0 Å². The Morgan fingerprint density at radius 1 is 1.04 bits per heavy atom. The summed E-state index contributed by atoms with van der Waals surface area (Å²) in [4.78, 5) is 82.6. The number of nitrogens with one attached hydrogen (secondary N) is 1. The molecule has 3 aliphatic rings. The number of halogens is 1. The summed E-state index contributed by atoms with van der Waals surface area (Å²) in [6, 6.07) is 4.71. The molecule has 3 amide bonds. The van der Waals surface area contributed by atoms with Crippen molar-refractivity contribution in [3.8, 4) is 5.75 Å². The number of phenols is 1. The van der Waals surface area contributed by atoms with E-state index in [1.54, 1.807) is 19.0 Å². The van der Waals surface area contributed by atoms with Crippen LogP contribution in [0.1, 0.15) is 47.7 Å². The predicted octanol–water partition coefficient (Wildman–Crippen LogP) is 2.16. The Bertz CT molecular complexity index is 2050. The van der Waals surface area contributed by atoms with E-state index in [1.807, 2.05) is 6.92 Å². The molecule has 0 aromatic heterocycles. The molecule has 56 heavy (non-hydrogen) atoms. The van der Waals surface area contributed by atoms with Crippen molar-refractivity contribution >= 4 is 52.6 Å². The number of carbonyl (C=O) groups is 6. The fourth-order valence-corrected chi connectivity index (χ4v) is 7.63. The van der Waals surface area contributed by atoms with Crippen LogP contribution in [-0.2, 0) is 35.1 Å². The van der Waals surface area contributed by atoms with E-state index in [-0.39, 0.29) is 41.8 Å². The number of primary amides is 1. The van der Waals surface area contributed by atoms with E-state index >= 15 is 0 Å². The van der Waals surface area contributed by atoms with Crippen molar-refractivity contribution < 1.29 is 63.1 Å². The molecule has 2 aromatic carbocycles. The van der Waals surface area contributed by atoms with Crippen molar-refractivity contribution in [2.24, 2.45) is 17.6 Å². The first-order valence-electron chi connectivity index (χ1n) is 17.7. The highest BCUT2D eigenvalue weighted by molar-refractivity contribution is 6.24. The summed E-state index contributed by atoms with van der Waals surface area (Å²) in [5, 5.41) is 48.9. The van der Waals surface area contributed by atoms with Crippen molar-refractivity contribution in [1.82, 2.24) is 9.80 Å². The molecule has 1 fully saturated rings. The first-order chi connectivity index (χ1) is 26.3. The number of carbonyl (C=O) groups excluding carboxylic acids is 6. The minimum Gasteiger partial charge on any atom is -0.508 e. The second-order valence-electron chi connectivity index (χ2n) is 14.3. The number of aliphatic hydroxyl groups excluding tert-OH is 2. The SMILES string of the molecule is CCCCN(CC(=O)Nc1cc(N(C)C)c2c(c1O)C(O)=C1C(=O)[C@]3(O)C(O)=C(C(N)=O)C(=O)[C@@H](N(C)C)[C@@H]3C[C@@H]1C2)C(=O)OCOC(=O)c1ccc(F)cc1. The van der Waals surface area contributed by atoms with Crippen LogP contribution >= 0.6 is 0 Å². The van der Waals surface area contributed by atoms with Crippen LogP contribution in [0.4, 0.5) is 20.6 Å². The zero-order chi connectivity index (χ0) is 41.4. The van der Waals surface area contributed by atoms with Gasteiger partial charge in [-0.2, -0.15) is 0 Å². The minimum atomic E-state index is -2.83. The highest BCUT2D eigenvalue weighted by atomic mass is 19.1. The van der Waals surface area contributed by atoms with Crippen LogP contribution in [-0.4, -0.2) is 125 Å². The number of esters is 1. The predicted molar refractivity (Wildman–Crippen MR) is 197 cm³/mol. The topological polar surface area (TPSA) is 250 Å². The Labute approximate surface area is 320 Å². The Morgan fingerprint density at radius 3 is 2.29 bits per heavy atom. The number of ether oxygens (including phenoxy) is 2. The number of unbranched alkanes of at least 4 members (excludes halogenated alkanes) is 1. The summed E-state index contributed by atoms with van der Waals surface area (Å²) in [6.07, 6.45) is 0.0167. The lowest BCUT2D eigenvalue weighted by Gasteiger charge is -2.50. The molecule has 17 nitrogen and oxygen atoms in total. The smallest absolute Gasteiger partial charge is 0.413 e. The third-order valence-corrected chi connectivity index (χ3v) is 10.3. The van der Waals surface area contributed by atoms with E-state index in [4.69, 9.17) is 15.2 Å². The molecule has 5 rings (SSSR count). The van der Waals surface area contributed by atoms with Crippen molar-refractivity contribution in [3.05, 3.63) is 69.7 Å². The third kappa shape index (κ3) is 7.36. The van der Waals surface area contributed by atoms with Gasteiger partial charge in [0.05, 0.1) is 22.9 Å². The first kappa shape index (κ1) is 41.2. The Balaban J connectivity index is 1.43. The number of benzene rings is 2. The Hall–Kier alpha value is -6.01. The van der Waals surface area contributed by atoms with Gasteiger partial charge in [0.25, 0.3) is 5.91 Å². The maximum Gasteiger partial charge on any atom is 0.413 e. The van der Waals surface area contributed by atoms with Gasteiger partial charge in [-0.25, -0.2) is 14.0 Å². The Kier molecular flexibility index (Phi) is 11.8. The zero-order valence-corrected chi connectivity index (χ0v) is 31.4. The largest absolute Gasteiger partial charge is 0.508 e. The number of hydrogen-bond donors (Lipinski definition) is 6. The molecule has 0 radical (unpaired) electrons. The number of Topliss-reactive ketones (excluding diaryl/α,β-unsaturated/α-hetero) is 2. The Morgan fingerprint density at radius 2 is 1.70 bits per heavy atom. The van der Waals surface area contributed by atoms with Crippen molar-refractivity contribution in [2.45, 2.75) is 44.2 Å². The molecule has 3 aliphatic carbocycles. The average Bonchev–Trinajstić information content (AvgIpc) is 3.12. The summed E-state index contributed by atoms with van der Waals surface area (Å²) in [5.74, 6) is -10.3. The molecule has 18 heteroatoms. The number of hydrogen-bond acceptors (Lipinski definition) is 14. The zero-order valence-electron chi connectivity index (χ0n) is 31.4. The van der Waals surface area contributed by atoms with Gasteiger partial charge >= 0.3 is 12.1 Å². The highest BCUT2D eigenvalue weighted by Gasteiger charge is 2.64. The summed E-state index contributed by atoms with van der Waals surface area (Å²) in [7, 11) is 6.35. The van der Waals surface area contributed by atoms with Gasteiger partial charge in [0.1, 0.15) is 35.2 Å². The molecule has 0 aliphatic heterocycles. The molecule has 300 valence electrons. The van der Waals surface area contributed by atoms with Crippen LogP contribution in [0.5, 0.6) is 5.75 Å². The normalized spacial score (nSPS) is 21.5. The van der Waals surface area contributed by atoms with E-state index in [2.05, 4.69) is 5.32 Å². The quantitative estimate of drug-likeness (QED) is 0.0782. The van der Waals surface area contributed by atoms with Gasteiger partial charge < -0.3 is 45.9 Å². The number of ketones is 2. The van der Waals surface area contributed by atoms with Crippen molar-refractivity contribution in [3.63, 3.8) is 0 Å². The summed E-state index contributed by atoms with van der Waals surface area (Å²) >= 11 is 0. The van der Waals surface area contributed by atoms with E-state index < -0.39 is 101 Å². The van der Waals surface area contributed by atoms with Crippen LogP contribution in [0, 0.1) is 17.7 Å². The van der Waals surface area contributed by atoms with Gasteiger partial charge in [0.2, 0.25) is 18.5 Å². The second kappa shape index (κ2) is 16.0. The summed E-state index contributed by atoms with van der Waals surface area (Å²) in [5.41, 5.74) is 1.63. The fourth-order valence-electron chi connectivity index (χ4n) is 7.63. The lowest BCUT2D eigenvalue weighted by Crippen LogP contribution is -2.65. The average molecular weight is 782 g/mol. The number of nitrogens with zero attached hydrogens (tertiary/aromatic N) is 3. The van der Waals surface area contributed by atoms with E-state index in [1.165, 1.54) is 37.2 Å². The summed E-state index contributed by atoms with van der Waals surface area (Å²) < 4.78 is 23.2. The number of aliphatic hydroxyl groups is 3. The lowest BCUT2D eigenvalue weighted by atomic mass is 9.57. The number of nitrogens with two attached hydrogens (primary N) is 1. The number of likely N-dealkylation sites (N-methyl/N-ethyl adjacent to an activating group) is 1. The number of fused-ring (bicyclic) bond motifs is 3. The number of aromatic hydroxyl groups is 1. The van der Waals surface area contributed by atoms with Crippen LogP contribution in [0.25, 0.3) is 5.76 Å². The molecule has 0 unspecified atom stereocenters. The van der Waals surface area contributed by atoms with Crippen molar-refractivity contribution in [2.75, 3.05) is 58.3 Å². The van der Waals surface area contributed by atoms with Crippen LogP contribution in [0.15, 0.2) is 47.2 Å². The molecule has 0 bridgehead atoms. The van der Waals surface area contributed by atoms with Gasteiger partial charge in [0.15, 0.2) is 11.4 Å². The minimum absolute atomic E-state index is 0.0200. The number of amides is 3. The third-order valence-electron chi connectivity index (χ3n) is 10.3. The standard InChI is InChI=1S/C38H44FN5O12/c1-6-7-12-44(37(53)56-17-55-36(52)18-8-10-20(39)11-9-18)16-25(45)41-23-15-24(42(2)3)21-13-19-14-22-29(43(4)5)32(48)28(35(40)51)34(50)38(22,54)33(49)26(19)31(47)27(21)30(23)46/h8-11,15,19,22,29,46-47,50,54H,6-7,12-14,16-17H2,1-5H3,(H2,40,51)(H,41,45)/t19-,22-,29-,38-/m0/s1. The molecule has 0 spiro atoms. The molecule has 0 saturated heterocycles. The van der Waals surface area contributed by atoms with Gasteiger partial charge in [-0.15, -0.1) is 0 Å². The van der Waals surface area contributed by atoms with E-state index in [9.17, 15) is 53.6 Å². The van der Waals surface area contributed by atoms with E-state index in [0.29, 0.717) is 24.1 Å². The van der Waals surface area contributed by atoms with Gasteiger partial charge in [-0.1, -0.05) is 13.3 Å². The molecule has 4 atom stereocenters. The first-order valence-corrected chi connectivity index (χ1v) is 17.7. The maximum atomic E-state index is 14.3.